The predicted molar refractivity (Wildman–Crippen MR) is 112 cm³/mol. The molecular formula is C18H36IN3O3. The molecule has 0 amide bonds. The molecule has 1 saturated heterocycles. The third kappa shape index (κ3) is 5.68. The van der Waals surface area contributed by atoms with Crippen molar-refractivity contribution in [3.8, 4) is 0 Å². The molecule has 2 fully saturated rings. The van der Waals surface area contributed by atoms with Gasteiger partial charge in [-0.3, -0.25) is 4.99 Å². The second kappa shape index (κ2) is 10.3. The third-order valence-corrected chi connectivity index (χ3v) is 5.90. The van der Waals surface area contributed by atoms with Crippen molar-refractivity contribution in [2.45, 2.75) is 64.2 Å². The SMILES string of the molecule is CN=C(NCCCOCC1CCCO1)NC1CC(C)(OC)C1(C)C.I. The lowest BCUT2D eigenvalue weighted by Crippen LogP contribution is -2.69. The molecular weight excluding hydrogens is 433 g/mol. The van der Waals surface area contributed by atoms with Gasteiger partial charge in [0.25, 0.3) is 0 Å². The van der Waals surface area contributed by atoms with Crippen LogP contribution in [0.25, 0.3) is 0 Å². The number of hydrogen-bond donors (Lipinski definition) is 2. The van der Waals surface area contributed by atoms with Crippen molar-refractivity contribution in [1.82, 2.24) is 10.6 Å². The van der Waals surface area contributed by atoms with Crippen LogP contribution < -0.4 is 10.6 Å². The van der Waals surface area contributed by atoms with Gasteiger partial charge >= 0.3 is 0 Å². The van der Waals surface area contributed by atoms with E-state index in [0.29, 0.717) is 12.1 Å². The van der Waals surface area contributed by atoms with E-state index in [0.717, 1.165) is 58.0 Å². The summed E-state index contributed by atoms with van der Waals surface area (Å²) in [7, 11) is 3.60. The molecule has 1 aliphatic carbocycles. The summed E-state index contributed by atoms with van der Waals surface area (Å²) >= 11 is 0. The molecule has 1 aliphatic heterocycles. The van der Waals surface area contributed by atoms with Crippen LogP contribution >= 0.6 is 24.0 Å². The van der Waals surface area contributed by atoms with Gasteiger partial charge in [0.1, 0.15) is 0 Å². The molecule has 7 heteroatoms. The van der Waals surface area contributed by atoms with Gasteiger partial charge in [-0.2, -0.15) is 0 Å². The number of halogens is 1. The smallest absolute Gasteiger partial charge is 0.191 e. The molecule has 148 valence electrons. The largest absolute Gasteiger partial charge is 0.379 e. The minimum absolute atomic E-state index is 0. The van der Waals surface area contributed by atoms with Crippen LogP contribution in [0.4, 0.5) is 0 Å². The summed E-state index contributed by atoms with van der Waals surface area (Å²) in [5.74, 6) is 0.852. The molecule has 0 aromatic rings. The van der Waals surface area contributed by atoms with Crippen molar-refractivity contribution in [3.05, 3.63) is 0 Å². The van der Waals surface area contributed by atoms with Gasteiger partial charge in [-0.15, -0.1) is 24.0 Å². The van der Waals surface area contributed by atoms with E-state index in [2.05, 4.69) is 36.4 Å². The lowest BCUT2D eigenvalue weighted by atomic mass is 9.56. The van der Waals surface area contributed by atoms with Crippen LogP contribution in [0.1, 0.15) is 46.5 Å². The molecule has 2 rings (SSSR count). The predicted octanol–water partition coefficient (Wildman–Crippen LogP) is 2.56. The van der Waals surface area contributed by atoms with Crippen molar-refractivity contribution in [2.75, 3.05) is 40.5 Å². The summed E-state index contributed by atoms with van der Waals surface area (Å²) in [4.78, 5) is 4.32. The highest BCUT2D eigenvalue weighted by atomic mass is 127. The Morgan fingerprint density at radius 3 is 2.64 bits per heavy atom. The zero-order valence-corrected chi connectivity index (χ0v) is 18.7. The molecule has 2 aliphatic rings. The Morgan fingerprint density at radius 1 is 1.32 bits per heavy atom. The van der Waals surface area contributed by atoms with Gasteiger partial charge in [-0.05, 0) is 32.6 Å². The molecule has 0 bridgehead atoms. The highest BCUT2D eigenvalue weighted by molar-refractivity contribution is 14.0. The number of ether oxygens (including phenoxy) is 3. The van der Waals surface area contributed by atoms with Crippen LogP contribution in [0.15, 0.2) is 4.99 Å². The van der Waals surface area contributed by atoms with Gasteiger partial charge in [0.05, 0.1) is 18.3 Å². The van der Waals surface area contributed by atoms with Gasteiger partial charge in [0.15, 0.2) is 5.96 Å². The van der Waals surface area contributed by atoms with E-state index >= 15 is 0 Å². The monoisotopic (exact) mass is 469 g/mol. The Bertz CT molecular complexity index is 428. The Kier molecular flexibility index (Phi) is 9.42. The second-order valence-corrected chi connectivity index (χ2v) is 7.62. The van der Waals surface area contributed by atoms with Crippen LogP contribution in [-0.2, 0) is 14.2 Å². The summed E-state index contributed by atoms with van der Waals surface area (Å²) in [5.41, 5.74) is 0.00340. The highest BCUT2D eigenvalue weighted by Gasteiger charge is 2.58. The molecule has 1 saturated carbocycles. The summed E-state index contributed by atoms with van der Waals surface area (Å²) in [6, 6.07) is 0.365. The maximum atomic E-state index is 5.68. The van der Waals surface area contributed by atoms with Crippen LogP contribution in [-0.4, -0.2) is 64.2 Å². The topological polar surface area (TPSA) is 64.1 Å². The zero-order valence-electron chi connectivity index (χ0n) is 16.4. The van der Waals surface area contributed by atoms with Gasteiger partial charge in [-0.1, -0.05) is 13.8 Å². The Balaban J connectivity index is 0.00000312. The molecule has 0 aromatic heterocycles. The first-order valence-electron chi connectivity index (χ1n) is 9.14. The van der Waals surface area contributed by atoms with Crippen molar-refractivity contribution in [2.24, 2.45) is 10.4 Å². The first-order chi connectivity index (χ1) is 11.4. The third-order valence-electron chi connectivity index (χ3n) is 5.90. The van der Waals surface area contributed by atoms with Gasteiger partial charge < -0.3 is 24.8 Å². The number of aliphatic imine (C=N–C) groups is 1. The van der Waals surface area contributed by atoms with Crippen molar-refractivity contribution in [3.63, 3.8) is 0 Å². The van der Waals surface area contributed by atoms with E-state index in [4.69, 9.17) is 14.2 Å². The quantitative estimate of drug-likeness (QED) is 0.248. The minimum Gasteiger partial charge on any atom is -0.379 e. The lowest BCUT2D eigenvalue weighted by Gasteiger charge is -2.59. The molecule has 1 heterocycles. The fraction of sp³-hybridized carbons (Fsp3) is 0.944. The van der Waals surface area contributed by atoms with E-state index < -0.39 is 0 Å². The Morgan fingerprint density at radius 2 is 2.08 bits per heavy atom. The zero-order chi connectivity index (χ0) is 17.6. The van der Waals surface area contributed by atoms with Gasteiger partial charge in [0.2, 0.25) is 0 Å². The number of methoxy groups -OCH3 is 1. The first-order valence-corrected chi connectivity index (χ1v) is 9.14. The number of nitrogens with one attached hydrogen (secondary N) is 2. The van der Waals surface area contributed by atoms with Gasteiger partial charge in [0, 0.05) is 45.4 Å². The maximum Gasteiger partial charge on any atom is 0.191 e. The average molecular weight is 469 g/mol. The average Bonchev–Trinajstić information content (AvgIpc) is 3.08. The maximum absolute atomic E-state index is 5.68. The normalized spacial score (nSPS) is 31.2. The molecule has 25 heavy (non-hydrogen) atoms. The van der Waals surface area contributed by atoms with Crippen LogP contribution in [0.2, 0.25) is 0 Å². The molecule has 6 nitrogen and oxygen atoms in total. The van der Waals surface area contributed by atoms with E-state index in [9.17, 15) is 0 Å². The lowest BCUT2D eigenvalue weighted by molar-refractivity contribution is -0.176. The molecule has 0 spiro atoms. The van der Waals surface area contributed by atoms with Crippen molar-refractivity contribution < 1.29 is 14.2 Å². The number of hydrogen-bond acceptors (Lipinski definition) is 4. The highest BCUT2D eigenvalue weighted by Crippen LogP contribution is 2.51. The first kappa shape index (κ1) is 22.9. The fourth-order valence-corrected chi connectivity index (χ4v) is 3.45. The van der Waals surface area contributed by atoms with Crippen molar-refractivity contribution in [1.29, 1.82) is 0 Å². The van der Waals surface area contributed by atoms with E-state index in [1.807, 2.05) is 7.05 Å². The molecule has 3 unspecified atom stereocenters. The molecule has 0 radical (unpaired) electrons. The Hall–Kier alpha value is -0.120. The van der Waals surface area contributed by atoms with E-state index in [1.54, 1.807) is 7.11 Å². The van der Waals surface area contributed by atoms with Crippen LogP contribution in [0.3, 0.4) is 0 Å². The summed E-state index contributed by atoms with van der Waals surface area (Å²) in [6.45, 7) is 9.86. The molecule has 3 atom stereocenters. The van der Waals surface area contributed by atoms with Gasteiger partial charge in [-0.25, -0.2) is 0 Å². The summed E-state index contributed by atoms with van der Waals surface area (Å²) in [5, 5.41) is 6.88. The Labute approximate surface area is 169 Å². The number of guanidine groups is 1. The van der Waals surface area contributed by atoms with Crippen molar-refractivity contribution >= 4 is 29.9 Å². The second-order valence-electron chi connectivity index (χ2n) is 7.62. The molecule has 0 aromatic carbocycles. The summed E-state index contributed by atoms with van der Waals surface area (Å²) < 4.78 is 16.9. The van der Waals surface area contributed by atoms with Crippen LogP contribution in [0, 0.1) is 5.41 Å². The number of nitrogens with zero attached hydrogens (tertiary/aromatic N) is 1. The molecule has 2 N–H and O–H groups in total. The number of rotatable bonds is 8. The standard InChI is InChI=1S/C18H35N3O3.HI/c1-17(2)15(12-18(17,3)22-5)21-16(19-4)20-9-7-10-23-13-14-8-6-11-24-14;/h14-15H,6-13H2,1-5H3,(H2,19,20,21);1H. The summed E-state index contributed by atoms with van der Waals surface area (Å²) in [6.07, 6.45) is 4.55. The fourth-order valence-electron chi connectivity index (χ4n) is 3.45. The minimum atomic E-state index is -0.0698. The van der Waals surface area contributed by atoms with E-state index in [-0.39, 0.29) is 35.0 Å². The van der Waals surface area contributed by atoms with E-state index in [1.165, 1.54) is 0 Å². The van der Waals surface area contributed by atoms with Crippen LogP contribution in [0.5, 0.6) is 0 Å².